The van der Waals surface area contributed by atoms with Gasteiger partial charge in [0.1, 0.15) is 0 Å². The van der Waals surface area contributed by atoms with Crippen molar-refractivity contribution in [1.29, 1.82) is 0 Å². The summed E-state index contributed by atoms with van der Waals surface area (Å²) in [6.07, 6.45) is 1.01. The number of hydrogen-bond acceptors (Lipinski definition) is 2. The Bertz CT molecular complexity index is 251. The molecule has 80 valence electrons. The molecule has 0 unspecified atom stereocenters. The predicted octanol–water partition coefficient (Wildman–Crippen LogP) is 3.03. The second-order valence-electron chi connectivity index (χ2n) is 4.39. The molecule has 0 saturated carbocycles. The Labute approximate surface area is 87.0 Å². The van der Waals surface area contributed by atoms with Gasteiger partial charge < -0.3 is 10.1 Å². The summed E-state index contributed by atoms with van der Waals surface area (Å²) in [5, 5.41) is 3.27. The lowest BCUT2D eigenvalue weighted by atomic mass is 9.93. The van der Waals surface area contributed by atoms with Crippen LogP contribution in [0.3, 0.4) is 0 Å². The molecule has 0 aromatic rings. The van der Waals surface area contributed by atoms with Crippen LogP contribution in [0.15, 0.2) is 23.7 Å². The summed E-state index contributed by atoms with van der Waals surface area (Å²) in [6, 6.07) is 0. The van der Waals surface area contributed by atoms with E-state index in [1.54, 1.807) is 0 Å². The molecule has 1 aliphatic heterocycles. The van der Waals surface area contributed by atoms with E-state index in [0.717, 1.165) is 13.0 Å². The smallest absolute Gasteiger partial charge is 0.183 e. The van der Waals surface area contributed by atoms with Crippen LogP contribution in [-0.2, 0) is 4.74 Å². The van der Waals surface area contributed by atoms with Crippen LogP contribution in [0, 0.1) is 11.8 Å². The zero-order valence-electron chi connectivity index (χ0n) is 9.68. The van der Waals surface area contributed by atoms with Crippen LogP contribution >= 0.6 is 0 Å². The van der Waals surface area contributed by atoms with E-state index >= 15 is 0 Å². The maximum atomic E-state index is 5.42. The van der Waals surface area contributed by atoms with E-state index in [2.05, 4.69) is 39.6 Å². The van der Waals surface area contributed by atoms with Gasteiger partial charge in [0, 0.05) is 12.1 Å². The highest BCUT2D eigenvalue weighted by atomic mass is 16.5. The Hall–Kier alpha value is -0.920. The molecule has 1 rings (SSSR count). The minimum absolute atomic E-state index is 0.505. The molecule has 0 aliphatic carbocycles. The summed E-state index contributed by atoms with van der Waals surface area (Å²) < 4.78 is 5.42. The third kappa shape index (κ3) is 2.53. The maximum absolute atomic E-state index is 5.42. The molecule has 14 heavy (non-hydrogen) atoms. The van der Waals surface area contributed by atoms with Crippen molar-refractivity contribution in [3.63, 3.8) is 0 Å². The van der Waals surface area contributed by atoms with Crippen LogP contribution in [0.1, 0.15) is 34.1 Å². The molecule has 0 saturated heterocycles. The molecule has 2 nitrogen and oxygen atoms in total. The van der Waals surface area contributed by atoms with Gasteiger partial charge in [-0.1, -0.05) is 27.7 Å². The first-order chi connectivity index (χ1) is 6.52. The highest BCUT2D eigenvalue weighted by Gasteiger charge is 2.17. The van der Waals surface area contributed by atoms with Gasteiger partial charge in [0.25, 0.3) is 0 Å². The molecule has 1 aliphatic rings. The second kappa shape index (κ2) is 4.54. The van der Waals surface area contributed by atoms with Crippen molar-refractivity contribution in [2.75, 3.05) is 6.61 Å². The summed E-state index contributed by atoms with van der Waals surface area (Å²) in [6.45, 7) is 13.4. The molecule has 0 amide bonds. The first-order valence-electron chi connectivity index (χ1n) is 5.34. The van der Waals surface area contributed by atoms with E-state index < -0.39 is 0 Å². The lowest BCUT2D eigenvalue weighted by molar-refractivity contribution is 0.206. The third-order valence-corrected chi connectivity index (χ3v) is 2.54. The van der Waals surface area contributed by atoms with Crippen molar-refractivity contribution < 1.29 is 4.74 Å². The van der Waals surface area contributed by atoms with Gasteiger partial charge in [-0.3, -0.25) is 0 Å². The fourth-order valence-electron chi connectivity index (χ4n) is 1.80. The number of ether oxygens (including phenoxy) is 1. The largest absolute Gasteiger partial charge is 0.479 e. The summed E-state index contributed by atoms with van der Waals surface area (Å²) >= 11 is 0. The monoisotopic (exact) mass is 195 g/mol. The van der Waals surface area contributed by atoms with E-state index in [-0.39, 0.29) is 0 Å². The SMILES string of the molecule is C=C1NC(C(C)C)=C(C(C)C)CCO1. The predicted molar refractivity (Wildman–Crippen MR) is 59.5 cm³/mol. The Kier molecular flexibility index (Phi) is 3.62. The molecule has 0 atom stereocenters. The quantitative estimate of drug-likeness (QED) is 0.731. The van der Waals surface area contributed by atoms with E-state index in [1.165, 1.54) is 11.3 Å². The molecular formula is C12H21NO. The second-order valence-corrected chi connectivity index (χ2v) is 4.39. The molecule has 0 aromatic carbocycles. The Morgan fingerprint density at radius 1 is 1.21 bits per heavy atom. The third-order valence-electron chi connectivity index (χ3n) is 2.54. The Balaban J connectivity index is 2.97. The minimum Gasteiger partial charge on any atom is -0.479 e. The van der Waals surface area contributed by atoms with Crippen LogP contribution in [0.2, 0.25) is 0 Å². The highest BCUT2D eigenvalue weighted by molar-refractivity contribution is 5.20. The average molecular weight is 195 g/mol. The van der Waals surface area contributed by atoms with Crippen LogP contribution in [0.4, 0.5) is 0 Å². The zero-order chi connectivity index (χ0) is 10.7. The van der Waals surface area contributed by atoms with Crippen molar-refractivity contribution in [2.45, 2.75) is 34.1 Å². The van der Waals surface area contributed by atoms with Gasteiger partial charge in [-0.25, -0.2) is 0 Å². The number of rotatable bonds is 2. The van der Waals surface area contributed by atoms with E-state index in [4.69, 9.17) is 4.74 Å². The van der Waals surface area contributed by atoms with Crippen molar-refractivity contribution in [3.8, 4) is 0 Å². The van der Waals surface area contributed by atoms with E-state index in [1.807, 2.05) is 0 Å². The Morgan fingerprint density at radius 3 is 2.36 bits per heavy atom. The zero-order valence-corrected chi connectivity index (χ0v) is 9.68. The van der Waals surface area contributed by atoms with Gasteiger partial charge >= 0.3 is 0 Å². The lowest BCUT2D eigenvalue weighted by Gasteiger charge is -2.19. The number of nitrogens with one attached hydrogen (secondary N) is 1. The molecule has 2 heteroatoms. The molecule has 0 bridgehead atoms. The van der Waals surface area contributed by atoms with Crippen LogP contribution in [0.5, 0.6) is 0 Å². The summed E-state index contributed by atoms with van der Waals surface area (Å²) in [4.78, 5) is 0. The van der Waals surface area contributed by atoms with Gasteiger partial charge in [-0.2, -0.15) is 0 Å². The molecule has 1 N–H and O–H groups in total. The first-order valence-corrected chi connectivity index (χ1v) is 5.34. The molecule has 0 radical (unpaired) electrons. The number of hydrogen-bond donors (Lipinski definition) is 1. The summed E-state index contributed by atoms with van der Waals surface area (Å²) in [5.41, 5.74) is 2.76. The molecule has 0 aromatic heterocycles. The normalized spacial score (nSPS) is 18.3. The maximum Gasteiger partial charge on any atom is 0.183 e. The van der Waals surface area contributed by atoms with E-state index in [0.29, 0.717) is 17.7 Å². The molecule has 1 heterocycles. The van der Waals surface area contributed by atoms with Gasteiger partial charge in [-0.05, 0) is 24.0 Å². The van der Waals surface area contributed by atoms with Crippen LogP contribution in [0.25, 0.3) is 0 Å². The molecular weight excluding hydrogens is 174 g/mol. The van der Waals surface area contributed by atoms with Crippen LogP contribution < -0.4 is 5.32 Å². The van der Waals surface area contributed by atoms with Crippen LogP contribution in [-0.4, -0.2) is 6.61 Å². The Morgan fingerprint density at radius 2 is 1.86 bits per heavy atom. The molecule has 0 fully saturated rings. The topological polar surface area (TPSA) is 21.3 Å². The van der Waals surface area contributed by atoms with Crippen molar-refractivity contribution in [1.82, 2.24) is 5.32 Å². The fourth-order valence-corrected chi connectivity index (χ4v) is 1.80. The van der Waals surface area contributed by atoms with Crippen molar-refractivity contribution in [3.05, 3.63) is 23.7 Å². The average Bonchev–Trinajstić information content (AvgIpc) is 2.26. The van der Waals surface area contributed by atoms with Crippen molar-refractivity contribution >= 4 is 0 Å². The molecule has 0 spiro atoms. The minimum atomic E-state index is 0.505. The lowest BCUT2D eigenvalue weighted by Crippen LogP contribution is -2.18. The highest BCUT2D eigenvalue weighted by Crippen LogP contribution is 2.25. The standard InChI is InChI=1S/C12H21NO/c1-8(2)11-6-7-14-10(5)13-12(11)9(3)4/h8-9,13H,5-7H2,1-4H3. The summed E-state index contributed by atoms with van der Waals surface area (Å²) in [5.74, 6) is 1.77. The van der Waals surface area contributed by atoms with E-state index in [9.17, 15) is 0 Å². The summed E-state index contributed by atoms with van der Waals surface area (Å²) in [7, 11) is 0. The fraction of sp³-hybridized carbons (Fsp3) is 0.667. The number of allylic oxidation sites excluding steroid dienone is 1. The van der Waals surface area contributed by atoms with Gasteiger partial charge in [0.2, 0.25) is 0 Å². The van der Waals surface area contributed by atoms with Gasteiger partial charge in [0.15, 0.2) is 5.88 Å². The van der Waals surface area contributed by atoms with Gasteiger partial charge in [-0.15, -0.1) is 0 Å². The van der Waals surface area contributed by atoms with Crippen molar-refractivity contribution in [2.24, 2.45) is 11.8 Å². The van der Waals surface area contributed by atoms with Gasteiger partial charge in [0.05, 0.1) is 6.61 Å². The first kappa shape index (κ1) is 11.2.